The quantitative estimate of drug-likeness (QED) is 0.739. The summed E-state index contributed by atoms with van der Waals surface area (Å²) in [4.78, 5) is 14.3. The van der Waals surface area contributed by atoms with Crippen LogP contribution < -0.4 is 5.32 Å². The van der Waals surface area contributed by atoms with Gasteiger partial charge in [0.2, 0.25) is 5.91 Å². The number of nitrogens with one attached hydrogen (secondary N) is 1. The maximum Gasteiger partial charge on any atom is 0.223 e. The maximum atomic E-state index is 13.9. The van der Waals surface area contributed by atoms with E-state index in [1.54, 1.807) is 17.0 Å². The fourth-order valence-electron chi connectivity index (χ4n) is 3.18. The molecule has 1 aliphatic heterocycles. The molecule has 1 aromatic rings. The minimum atomic E-state index is -0.260. The topological polar surface area (TPSA) is 32.3 Å². The van der Waals surface area contributed by atoms with E-state index < -0.39 is 0 Å². The van der Waals surface area contributed by atoms with Crippen molar-refractivity contribution in [2.75, 3.05) is 19.6 Å². The Bertz CT molecular complexity index is 538. The molecule has 0 saturated carbocycles. The Hall–Kier alpha value is -0.650. The third-order valence-electron chi connectivity index (χ3n) is 4.74. The van der Waals surface area contributed by atoms with Gasteiger partial charge in [-0.25, -0.2) is 4.39 Å². The van der Waals surface area contributed by atoms with Gasteiger partial charge in [-0.15, -0.1) is 12.4 Å². The van der Waals surface area contributed by atoms with Crippen molar-refractivity contribution < 1.29 is 9.18 Å². The maximum absolute atomic E-state index is 13.9. The Labute approximate surface area is 158 Å². The molecule has 0 radical (unpaired) electrons. The van der Waals surface area contributed by atoms with Gasteiger partial charge in [-0.3, -0.25) is 4.79 Å². The van der Waals surface area contributed by atoms with E-state index in [-0.39, 0.29) is 24.1 Å². The van der Waals surface area contributed by atoms with Crippen molar-refractivity contribution in [2.45, 2.75) is 39.7 Å². The number of rotatable bonds is 6. The molecule has 0 spiro atoms. The minimum Gasteiger partial charge on any atom is -0.339 e. The first-order valence-corrected chi connectivity index (χ1v) is 9.23. The van der Waals surface area contributed by atoms with Crippen LogP contribution >= 0.6 is 28.3 Å². The first-order chi connectivity index (χ1) is 11.0. The zero-order valence-corrected chi connectivity index (χ0v) is 16.8. The van der Waals surface area contributed by atoms with Gasteiger partial charge in [0.05, 0.1) is 0 Å². The summed E-state index contributed by atoms with van der Waals surface area (Å²) in [5.41, 5.74) is 0.557. The van der Waals surface area contributed by atoms with Crippen molar-refractivity contribution in [3.63, 3.8) is 0 Å². The van der Waals surface area contributed by atoms with E-state index in [9.17, 15) is 9.18 Å². The number of hydrogen-bond acceptors (Lipinski definition) is 2. The molecule has 2 unspecified atom stereocenters. The molecule has 1 saturated heterocycles. The smallest absolute Gasteiger partial charge is 0.223 e. The molecule has 0 bridgehead atoms. The lowest BCUT2D eigenvalue weighted by atomic mass is 9.85. The third kappa shape index (κ3) is 6.01. The summed E-state index contributed by atoms with van der Waals surface area (Å²) in [6.45, 7) is 7.11. The summed E-state index contributed by atoms with van der Waals surface area (Å²) >= 11 is 3.36. The van der Waals surface area contributed by atoms with Crippen LogP contribution in [0.4, 0.5) is 4.39 Å². The SMILES string of the molecule is CCN(Cc1cc(Br)ccc1F)C(=O)CC(C)C1CCCNC1.Cl. The second-order valence-corrected chi connectivity index (χ2v) is 7.35. The van der Waals surface area contributed by atoms with Gasteiger partial charge in [0.1, 0.15) is 5.82 Å². The average molecular weight is 422 g/mol. The number of carbonyl (C=O) groups excluding carboxylic acids is 1. The number of hydrogen-bond donors (Lipinski definition) is 1. The molecule has 1 amide bonds. The summed E-state index contributed by atoms with van der Waals surface area (Å²) in [6.07, 6.45) is 2.91. The Morgan fingerprint density at radius 3 is 2.88 bits per heavy atom. The standard InChI is InChI=1S/C18H26BrFN2O.ClH/c1-3-22(12-15-10-16(19)6-7-17(15)20)18(23)9-13(2)14-5-4-8-21-11-14;/h6-7,10,13-14,21H,3-5,8-9,11-12H2,1-2H3;1H. The van der Waals surface area contributed by atoms with Gasteiger partial charge >= 0.3 is 0 Å². The zero-order valence-electron chi connectivity index (χ0n) is 14.4. The van der Waals surface area contributed by atoms with Gasteiger partial charge in [-0.05, 0) is 62.9 Å². The summed E-state index contributed by atoms with van der Waals surface area (Å²) in [5.74, 6) is 0.777. The van der Waals surface area contributed by atoms with Gasteiger partial charge in [0, 0.05) is 29.5 Å². The highest BCUT2D eigenvalue weighted by Gasteiger charge is 2.24. The van der Waals surface area contributed by atoms with Crippen LogP contribution in [0.1, 0.15) is 38.7 Å². The molecule has 1 fully saturated rings. The van der Waals surface area contributed by atoms with Gasteiger partial charge in [-0.1, -0.05) is 22.9 Å². The highest BCUT2D eigenvalue weighted by molar-refractivity contribution is 9.10. The van der Waals surface area contributed by atoms with Gasteiger partial charge in [-0.2, -0.15) is 0 Å². The van der Waals surface area contributed by atoms with Crippen molar-refractivity contribution in [1.29, 1.82) is 0 Å². The van der Waals surface area contributed by atoms with E-state index in [1.165, 1.54) is 18.9 Å². The van der Waals surface area contributed by atoms with Crippen LogP contribution in [-0.4, -0.2) is 30.4 Å². The normalized spacial score (nSPS) is 18.6. The minimum absolute atomic E-state index is 0. The Balaban J connectivity index is 0.00000288. The van der Waals surface area contributed by atoms with Crippen molar-refractivity contribution >= 4 is 34.2 Å². The molecule has 1 heterocycles. The van der Waals surface area contributed by atoms with E-state index in [1.807, 2.05) is 6.92 Å². The molecule has 6 heteroatoms. The Morgan fingerprint density at radius 2 is 2.25 bits per heavy atom. The van der Waals surface area contributed by atoms with Crippen LogP contribution in [-0.2, 0) is 11.3 Å². The molecule has 24 heavy (non-hydrogen) atoms. The molecular weight excluding hydrogens is 395 g/mol. The number of piperidine rings is 1. The molecule has 0 aromatic heterocycles. The average Bonchev–Trinajstić information content (AvgIpc) is 2.56. The predicted molar refractivity (Wildman–Crippen MR) is 102 cm³/mol. The molecule has 1 aliphatic rings. The van der Waals surface area contributed by atoms with E-state index in [0.29, 0.717) is 36.9 Å². The van der Waals surface area contributed by atoms with Crippen LogP contribution in [0.5, 0.6) is 0 Å². The molecule has 0 aliphatic carbocycles. The second-order valence-electron chi connectivity index (χ2n) is 6.43. The highest BCUT2D eigenvalue weighted by Crippen LogP contribution is 2.24. The zero-order chi connectivity index (χ0) is 16.8. The molecule has 1 N–H and O–H groups in total. The number of halogens is 3. The highest BCUT2D eigenvalue weighted by atomic mass is 79.9. The fraction of sp³-hybridized carbons (Fsp3) is 0.611. The van der Waals surface area contributed by atoms with Crippen LogP contribution in [0, 0.1) is 17.7 Å². The summed E-state index contributed by atoms with van der Waals surface area (Å²) in [6, 6.07) is 4.86. The molecule has 1 aromatic carbocycles. The number of carbonyl (C=O) groups is 1. The van der Waals surface area contributed by atoms with Crippen LogP contribution in [0.3, 0.4) is 0 Å². The Kier molecular flexibility index (Phi) is 9.24. The van der Waals surface area contributed by atoms with E-state index in [4.69, 9.17) is 0 Å². The lowest BCUT2D eigenvalue weighted by Crippen LogP contribution is -2.37. The lowest BCUT2D eigenvalue weighted by molar-refractivity contribution is -0.133. The molecular formula is C18H27BrClFN2O. The van der Waals surface area contributed by atoms with Gasteiger partial charge in [0.15, 0.2) is 0 Å². The van der Waals surface area contributed by atoms with E-state index >= 15 is 0 Å². The number of amides is 1. The fourth-order valence-corrected chi connectivity index (χ4v) is 3.59. The summed E-state index contributed by atoms with van der Waals surface area (Å²) in [7, 11) is 0. The van der Waals surface area contributed by atoms with E-state index in [0.717, 1.165) is 17.6 Å². The van der Waals surface area contributed by atoms with Crippen LogP contribution in [0.2, 0.25) is 0 Å². The van der Waals surface area contributed by atoms with Crippen LogP contribution in [0.25, 0.3) is 0 Å². The predicted octanol–water partition coefficient (Wildman–Crippen LogP) is 4.38. The van der Waals surface area contributed by atoms with Crippen molar-refractivity contribution in [3.8, 4) is 0 Å². The van der Waals surface area contributed by atoms with Gasteiger partial charge in [0.25, 0.3) is 0 Å². The van der Waals surface area contributed by atoms with Crippen molar-refractivity contribution in [2.24, 2.45) is 11.8 Å². The molecule has 2 atom stereocenters. The summed E-state index contributed by atoms with van der Waals surface area (Å²) in [5, 5.41) is 3.41. The van der Waals surface area contributed by atoms with Gasteiger partial charge < -0.3 is 10.2 Å². The van der Waals surface area contributed by atoms with E-state index in [2.05, 4.69) is 28.2 Å². The number of benzene rings is 1. The summed E-state index contributed by atoms with van der Waals surface area (Å²) < 4.78 is 14.7. The van der Waals surface area contributed by atoms with Crippen molar-refractivity contribution in [1.82, 2.24) is 10.2 Å². The Morgan fingerprint density at radius 1 is 1.50 bits per heavy atom. The number of nitrogens with zero attached hydrogens (tertiary/aromatic N) is 1. The molecule has 136 valence electrons. The first kappa shape index (κ1) is 21.4. The lowest BCUT2D eigenvalue weighted by Gasteiger charge is -2.30. The molecule has 3 nitrogen and oxygen atoms in total. The largest absolute Gasteiger partial charge is 0.339 e. The van der Waals surface area contributed by atoms with Crippen molar-refractivity contribution in [3.05, 3.63) is 34.1 Å². The first-order valence-electron chi connectivity index (χ1n) is 8.43. The third-order valence-corrected chi connectivity index (χ3v) is 5.23. The monoisotopic (exact) mass is 420 g/mol. The van der Waals surface area contributed by atoms with Crippen LogP contribution in [0.15, 0.2) is 22.7 Å². The second kappa shape index (κ2) is 10.4. The molecule has 2 rings (SSSR count).